The zero-order valence-corrected chi connectivity index (χ0v) is 45.0. The van der Waals surface area contributed by atoms with Crippen LogP contribution in [0.1, 0.15) is 265 Å². The van der Waals surface area contributed by atoms with Crippen LogP contribution in [-0.2, 0) is 28.6 Å². The third-order valence-corrected chi connectivity index (χ3v) is 12.1. The highest BCUT2D eigenvalue weighted by Gasteiger charge is 2.19. The van der Waals surface area contributed by atoms with E-state index < -0.39 is 6.10 Å². The van der Waals surface area contributed by atoms with Crippen molar-refractivity contribution in [1.82, 2.24) is 0 Å². The Bertz CT molecular complexity index is 1380. The molecular formula is C63H106O6. The predicted octanol–water partition coefficient (Wildman–Crippen LogP) is 19.3. The van der Waals surface area contributed by atoms with Crippen LogP contribution in [0, 0.1) is 0 Å². The Kier molecular flexibility index (Phi) is 53.9. The first-order chi connectivity index (χ1) is 34.0. The number of rotatable bonds is 51. The van der Waals surface area contributed by atoms with Crippen molar-refractivity contribution in [2.75, 3.05) is 13.2 Å². The van der Waals surface area contributed by atoms with Gasteiger partial charge in [-0.1, -0.05) is 246 Å². The highest BCUT2D eigenvalue weighted by molar-refractivity contribution is 5.71. The summed E-state index contributed by atoms with van der Waals surface area (Å²) in [6, 6.07) is 0. The van der Waals surface area contributed by atoms with Gasteiger partial charge in [-0.15, -0.1) is 0 Å². The lowest BCUT2D eigenvalue weighted by Crippen LogP contribution is -2.30. The highest BCUT2D eigenvalue weighted by Crippen LogP contribution is 2.16. The number of carbonyl (C=O) groups excluding carboxylic acids is 3. The smallest absolute Gasteiger partial charge is 0.306 e. The predicted molar refractivity (Wildman–Crippen MR) is 297 cm³/mol. The fraction of sp³-hybridized carbons (Fsp3) is 0.698. The zero-order chi connectivity index (χ0) is 50.0. The molecule has 0 aliphatic rings. The van der Waals surface area contributed by atoms with Crippen LogP contribution in [0.2, 0.25) is 0 Å². The number of esters is 3. The van der Waals surface area contributed by atoms with E-state index in [0.717, 1.165) is 135 Å². The summed E-state index contributed by atoms with van der Waals surface area (Å²) in [6.45, 7) is 6.32. The van der Waals surface area contributed by atoms with Crippen LogP contribution >= 0.6 is 0 Å². The average Bonchev–Trinajstić information content (AvgIpc) is 3.35. The molecular weight excluding hydrogens is 853 g/mol. The molecule has 0 aliphatic carbocycles. The molecule has 0 aromatic carbocycles. The van der Waals surface area contributed by atoms with Crippen molar-refractivity contribution in [2.24, 2.45) is 0 Å². The molecule has 394 valence electrons. The SMILES string of the molecule is CC/C=C\C/C=C\C/C=C\C/C=C\C/C=C\CCCCCCCCCCCCCCCCCC(=O)OCC(COC(=O)CCCCCCC)OC(=O)CCCCCCC/C=C\C/C=C\C/C=C\CC. The van der Waals surface area contributed by atoms with Crippen molar-refractivity contribution in [2.45, 2.75) is 271 Å². The number of hydrogen-bond donors (Lipinski definition) is 0. The van der Waals surface area contributed by atoms with Crippen molar-refractivity contribution in [1.29, 1.82) is 0 Å². The van der Waals surface area contributed by atoms with Gasteiger partial charge >= 0.3 is 17.9 Å². The summed E-state index contributed by atoms with van der Waals surface area (Å²) in [6.07, 6.45) is 76.0. The largest absolute Gasteiger partial charge is 0.462 e. The second-order valence-electron chi connectivity index (χ2n) is 18.8. The van der Waals surface area contributed by atoms with E-state index in [1.54, 1.807) is 0 Å². The second-order valence-corrected chi connectivity index (χ2v) is 18.8. The normalized spacial score (nSPS) is 12.8. The van der Waals surface area contributed by atoms with Crippen molar-refractivity contribution >= 4 is 17.9 Å². The Morgan fingerprint density at radius 3 is 0.884 bits per heavy atom. The maximum atomic E-state index is 12.7. The van der Waals surface area contributed by atoms with Crippen LogP contribution in [0.5, 0.6) is 0 Å². The van der Waals surface area contributed by atoms with Gasteiger partial charge < -0.3 is 14.2 Å². The number of unbranched alkanes of at least 4 members (excludes halogenated alkanes) is 24. The summed E-state index contributed by atoms with van der Waals surface area (Å²) in [5.41, 5.74) is 0. The topological polar surface area (TPSA) is 78.9 Å². The van der Waals surface area contributed by atoms with Crippen LogP contribution in [0.15, 0.2) is 97.2 Å². The lowest BCUT2D eigenvalue weighted by Gasteiger charge is -2.18. The molecule has 0 N–H and O–H groups in total. The Labute approximate surface area is 426 Å². The maximum absolute atomic E-state index is 12.7. The minimum atomic E-state index is -0.781. The Morgan fingerprint density at radius 2 is 0.565 bits per heavy atom. The lowest BCUT2D eigenvalue weighted by atomic mass is 10.0. The molecule has 0 saturated carbocycles. The number of allylic oxidation sites excluding steroid dienone is 16. The van der Waals surface area contributed by atoms with Gasteiger partial charge in [0.25, 0.3) is 0 Å². The molecule has 0 aromatic heterocycles. The Hall–Kier alpha value is -3.67. The molecule has 1 atom stereocenters. The number of hydrogen-bond acceptors (Lipinski definition) is 6. The summed E-state index contributed by atoms with van der Waals surface area (Å²) in [5.74, 6) is -0.913. The summed E-state index contributed by atoms with van der Waals surface area (Å²) >= 11 is 0. The Balaban J connectivity index is 4.01. The molecule has 0 saturated heterocycles. The zero-order valence-electron chi connectivity index (χ0n) is 45.0. The molecule has 69 heavy (non-hydrogen) atoms. The summed E-state index contributed by atoms with van der Waals surface area (Å²) in [5, 5.41) is 0. The molecule has 0 bridgehead atoms. The molecule has 0 radical (unpaired) electrons. The molecule has 0 fully saturated rings. The van der Waals surface area contributed by atoms with Gasteiger partial charge in [-0.3, -0.25) is 14.4 Å². The van der Waals surface area contributed by atoms with Crippen LogP contribution in [-0.4, -0.2) is 37.2 Å². The standard InChI is InChI=1S/C63H106O6/c1-4-7-10-13-15-17-19-21-23-24-25-26-27-28-29-30-31-32-33-34-35-36-37-38-40-41-43-45-47-50-53-56-62(65)68-59-60(58-67-61(64)55-52-49-12-9-6-3)69-63(66)57-54-51-48-46-44-42-39-22-20-18-16-14-11-8-5-2/h7-8,10-11,15-18,21-23,25-26,28-29,39,60H,4-6,9,12-14,19-20,24,27,30-38,40-59H2,1-3H3/b10-7-,11-8-,17-15-,18-16-,23-21-,26-25-,29-28-,39-22-. The van der Waals surface area contributed by atoms with E-state index >= 15 is 0 Å². The molecule has 0 heterocycles. The van der Waals surface area contributed by atoms with E-state index in [0.29, 0.717) is 19.3 Å². The molecule has 0 rings (SSSR count). The summed E-state index contributed by atoms with van der Waals surface area (Å²) < 4.78 is 16.7. The lowest BCUT2D eigenvalue weighted by molar-refractivity contribution is -0.167. The third-order valence-electron chi connectivity index (χ3n) is 12.1. The average molecular weight is 960 g/mol. The summed E-state index contributed by atoms with van der Waals surface area (Å²) in [4.78, 5) is 37.7. The molecule has 0 aromatic rings. The molecule has 1 unspecified atom stereocenters. The first kappa shape index (κ1) is 65.3. The molecule has 6 heteroatoms. The van der Waals surface area contributed by atoms with E-state index in [1.165, 1.54) is 89.9 Å². The van der Waals surface area contributed by atoms with Crippen molar-refractivity contribution in [3.63, 3.8) is 0 Å². The first-order valence-corrected chi connectivity index (χ1v) is 28.7. The molecule has 0 amide bonds. The van der Waals surface area contributed by atoms with Gasteiger partial charge in [0.1, 0.15) is 13.2 Å². The van der Waals surface area contributed by atoms with Crippen LogP contribution in [0.3, 0.4) is 0 Å². The summed E-state index contributed by atoms with van der Waals surface area (Å²) in [7, 11) is 0. The van der Waals surface area contributed by atoms with Crippen LogP contribution in [0.25, 0.3) is 0 Å². The van der Waals surface area contributed by atoms with Crippen LogP contribution < -0.4 is 0 Å². The molecule has 6 nitrogen and oxygen atoms in total. The fourth-order valence-corrected chi connectivity index (χ4v) is 7.84. The Morgan fingerprint density at radius 1 is 0.304 bits per heavy atom. The van der Waals surface area contributed by atoms with Gasteiger partial charge in [-0.2, -0.15) is 0 Å². The van der Waals surface area contributed by atoms with Gasteiger partial charge in [0.2, 0.25) is 0 Å². The maximum Gasteiger partial charge on any atom is 0.306 e. The van der Waals surface area contributed by atoms with E-state index in [4.69, 9.17) is 14.2 Å². The van der Waals surface area contributed by atoms with Crippen molar-refractivity contribution in [3.05, 3.63) is 97.2 Å². The van der Waals surface area contributed by atoms with Gasteiger partial charge in [-0.05, 0) is 96.3 Å². The van der Waals surface area contributed by atoms with Crippen molar-refractivity contribution in [3.8, 4) is 0 Å². The van der Waals surface area contributed by atoms with E-state index in [2.05, 4.69) is 118 Å². The van der Waals surface area contributed by atoms with E-state index in [1.807, 2.05) is 0 Å². The van der Waals surface area contributed by atoms with Gasteiger partial charge in [-0.25, -0.2) is 0 Å². The fourth-order valence-electron chi connectivity index (χ4n) is 7.84. The minimum Gasteiger partial charge on any atom is -0.462 e. The number of carbonyl (C=O) groups is 3. The van der Waals surface area contributed by atoms with Crippen molar-refractivity contribution < 1.29 is 28.6 Å². The van der Waals surface area contributed by atoms with Gasteiger partial charge in [0.15, 0.2) is 6.10 Å². The van der Waals surface area contributed by atoms with E-state index in [9.17, 15) is 14.4 Å². The van der Waals surface area contributed by atoms with Crippen LogP contribution in [0.4, 0.5) is 0 Å². The number of ether oxygens (including phenoxy) is 3. The van der Waals surface area contributed by atoms with Gasteiger partial charge in [0.05, 0.1) is 0 Å². The third kappa shape index (κ3) is 55.1. The quantitative estimate of drug-likeness (QED) is 0.0262. The van der Waals surface area contributed by atoms with E-state index in [-0.39, 0.29) is 31.1 Å². The second kappa shape index (κ2) is 56.9. The highest BCUT2D eigenvalue weighted by atomic mass is 16.6. The first-order valence-electron chi connectivity index (χ1n) is 28.7. The monoisotopic (exact) mass is 959 g/mol. The minimum absolute atomic E-state index is 0.0833. The molecule has 0 aliphatic heterocycles. The van der Waals surface area contributed by atoms with Gasteiger partial charge in [0, 0.05) is 19.3 Å². The molecule has 0 spiro atoms.